The van der Waals surface area contributed by atoms with Gasteiger partial charge in [-0.2, -0.15) is 0 Å². The van der Waals surface area contributed by atoms with E-state index in [4.69, 9.17) is 9.88 Å². The maximum atomic E-state index is 11.7. The van der Waals surface area contributed by atoms with E-state index in [1.54, 1.807) is 37.3 Å². The molecule has 2 aromatic rings. The van der Waals surface area contributed by atoms with Gasteiger partial charge in [-0.25, -0.2) is 18.4 Å². The van der Waals surface area contributed by atoms with E-state index in [0.29, 0.717) is 17.0 Å². The van der Waals surface area contributed by atoms with E-state index in [9.17, 15) is 13.2 Å². The van der Waals surface area contributed by atoms with Gasteiger partial charge in [-0.3, -0.25) is 5.32 Å². The van der Waals surface area contributed by atoms with Crippen molar-refractivity contribution in [2.24, 2.45) is 5.14 Å². The highest BCUT2D eigenvalue weighted by molar-refractivity contribution is 7.89. The summed E-state index contributed by atoms with van der Waals surface area (Å²) in [5, 5.41) is 7.58. The predicted octanol–water partition coefficient (Wildman–Crippen LogP) is 2.25. The lowest BCUT2D eigenvalue weighted by atomic mass is 10.2. The van der Waals surface area contributed by atoms with Gasteiger partial charge in [0.05, 0.1) is 4.90 Å². The Kier molecular flexibility index (Phi) is 4.25. The number of para-hydroxylation sites is 1. The first-order valence-electron chi connectivity index (χ1n) is 6.03. The maximum Gasteiger partial charge on any atom is 0.417 e. The van der Waals surface area contributed by atoms with E-state index in [2.05, 4.69) is 5.32 Å². The lowest BCUT2D eigenvalue weighted by Crippen LogP contribution is -2.18. The number of amides is 1. The molecule has 0 fully saturated rings. The number of hydrogen-bond acceptors (Lipinski definition) is 4. The molecule has 6 nitrogen and oxygen atoms in total. The van der Waals surface area contributed by atoms with Gasteiger partial charge in [0, 0.05) is 5.69 Å². The molecule has 0 radical (unpaired) electrons. The first-order chi connectivity index (χ1) is 9.86. The molecule has 0 atom stereocenters. The Morgan fingerprint density at radius 1 is 1.14 bits per heavy atom. The van der Waals surface area contributed by atoms with Crippen molar-refractivity contribution < 1.29 is 17.9 Å². The Bertz CT molecular complexity index is 758. The van der Waals surface area contributed by atoms with Crippen LogP contribution in [-0.4, -0.2) is 14.5 Å². The Labute approximate surface area is 122 Å². The van der Waals surface area contributed by atoms with Gasteiger partial charge in [-0.05, 0) is 42.8 Å². The molecule has 1 amide bonds. The van der Waals surface area contributed by atoms with Crippen molar-refractivity contribution >= 4 is 21.8 Å². The van der Waals surface area contributed by atoms with E-state index >= 15 is 0 Å². The number of aryl methyl sites for hydroxylation is 1. The van der Waals surface area contributed by atoms with Crippen molar-refractivity contribution in [1.82, 2.24) is 0 Å². The number of ether oxygens (including phenoxy) is 1. The molecule has 2 rings (SSSR count). The Hall–Kier alpha value is -2.38. The minimum absolute atomic E-state index is 0.0121. The number of carbonyl (C=O) groups is 1. The molecule has 0 aliphatic heterocycles. The largest absolute Gasteiger partial charge is 0.417 e. The average Bonchev–Trinajstić information content (AvgIpc) is 2.41. The minimum atomic E-state index is -3.76. The molecule has 0 bridgehead atoms. The Morgan fingerprint density at radius 3 is 2.38 bits per heavy atom. The van der Waals surface area contributed by atoms with Crippen molar-refractivity contribution in [2.75, 3.05) is 5.32 Å². The Balaban J connectivity index is 2.11. The van der Waals surface area contributed by atoms with E-state index < -0.39 is 16.1 Å². The molecule has 3 N–H and O–H groups in total. The molecular formula is C14H14N2O4S. The van der Waals surface area contributed by atoms with Gasteiger partial charge in [0.1, 0.15) is 5.75 Å². The van der Waals surface area contributed by atoms with E-state index in [-0.39, 0.29) is 4.90 Å². The minimum Gasteiger partial charge on any atom is -0.410 e. The van der Waals surface area contributed by atoms with Crippen molar-refractivity contribution in [3.63, 3.8) is 0 Å². The second-order valence-electron chi connectivity index (χ2n) is 4.35. The first-order valence-corrected chi connectivity index (χ1v) is 7.58. The van der Waals surface area contributed by atoms with Crippen LogP contribution in [-0.2, 0) is 10.0 Å². The third kappa shape index (κ3) is 4.04. The van der Waals surface area contributed by atoms with Gasteiger partial charge < -0.3 is 4.74 Å². The van der Waals surface area contributed by atoms with Crippen LogP contribution in [0.2, 0.25) is 0 Å². The number of rotatable bonds is 3. The van der Waals surface area contributed by atoms with Crippen LogP contribution in [0.3, 0.4) is 0 Å². The molecule has 0 saturated heterocycles. The first kappa shape index (κ1) is 15.0. The summed E-state index contributed by atoms with van der Waals surface area (Å²) in [4.78, 5) is 11.7. The van der Waals surface area contributed by atoms with Crippen molar-refractivity contribution in [1.29, 1.82) is 0 Å². The van der Waals surface area contributed by atoms with Crippen molar-refractivity contribution in [2.45, 2.75) is 11.8 Å². The Morgan fingerprint density at radius 2 is 1.81 bits per heavy atom. The lowest BCUT2D eigenvalue weighted by Gasteiger charge is -2.10. The second kappa shape index (κ2) is 5.94. The van der Waals surface area contributed by atoms with Gasteiger partial charge >= 0.3 is 6.09 Å². The van der Waals surface area contributed by atoms with Crippen LogP contribution < -0.4 is 15.2 Å². The van der Waals surface area contributed by atoms with E-state index in [1.807, 2.05) is 0 Å². The summed E-state index contributed by atoms with van der Waals surface area (Å²) in [6.45, 7) is 1.66. The lowest BCUT2D eigenvalue weighted by molar-refractivity contribution is 0.215. The fourth-order valence-corrected chi connectivity index (χ4v) is 2.28. The predicted molar refractivity (Wildman–Crippen MR) is 78.6 cm³/mol. The summed E-state index contributed by atoms with van der Waals surface area (Å²) >= 11 is 0. The number of benzene rings is 2. The summed E-state index contributed by atoms with van der Waals surface area (Å²) in [5.74, 6) is 0.411. The van der Waals surface area contributed by atoms with Gasteiger partial charge in [-0.15, -0.1) is 0 Å². The number of sulfonamides is 1. The van der Waals surface area contributed by atoms with Crippen LogP contribution in [0.5, 0.6) is 5.75 Å². The fourth-order valence-electron chi connectivity index (χ4n) is 1.68. The quantitative estimate of drug-likeness (QED) is 0.908. The summed E-state index contributed by atoms with van der Waals surface area (Å²) in [7, 11) is -3.76. The highest BCUT2D eigenvalue weighted by Gasteiger charge is 2.11. The van der Waals surface area contributed by atoms with Gasteiger partial charge in [0.2, 0.25) is 10.0 Å². The molecular weight excluding hydrogens is 292 g/mol. The van der Waals surface area contributed by atoms with Crippen molar-refractivity contribution in [3.05, 3.63) is 54.1 Å². The van der Waals surface area contributed by atoms with Crippen LogP contribution in [0.15, 0.2) is 53.4 Å². The van der Waals surface area contributed by atoms with Crippen LogP contribution in [0, 0.1) is 6.92 Å². The van der Waals surface area contributed by atoms with Crippen LogP contribution in [0.1, 0.15) is 5.56 Å². The summed E-state index contributed by atoms with van der Waals surface area (Å²) in [6.07, 6.45) is -0.660. The fraction of sp³-hybridized carbons (Fsp3) is 0.0714. The molecule has 0 aromatic heterocycles. The van der Waals surface area contributed by atoms with Crippen molar-refractivity contribution in [3.8, 4) is 5.75 Å². The molecule has 0 heterocycles. The molecule has 0 aliphatic rings. The second-order valence-corrected chi connectivity index (χ2v) is 5.91. The molecule has 7 heteroatoms. The molecule has 0 unspecified atom stereocenters. The molecule has 0 saturated carbocycles. The third-order valence-electron chi connectivity index (χ3n) is 2.72. The molecule has 0 spiro atoms. The number of primary sulfonamides is 1. The van der Waals surface area contributed by atoms with Gasteiger partial charge in [0.25, 0.3) is 0 Å². The number of nitrogens with two attached hydrogens (primary N) is 1. The number of carbonyl (C=O) groups excluding carboxylic acids is 1. The highest BCUT2D eigenvalue weighted by Crippen LogP contribution is 2.19. The highest BCUT2D eigenvalue weighted by atomic mass is 32.2. The summed E-state index contributed by atoms with van der Waals surface area (Å²) in [5.41, 5.74) is 1.01. The summed E-state index contributed by atoms with van der Waals surface area (Å²) < 4.78 is 27.5. The molecule has 2 aromatic carbocycles. The van der Waals surface area contributed by atoms with E-state index in [0.717, 1.165) is 0 Å². The zero-order valence-electron chi connectivity index (χ0n) is 11.2. The zero-order chi connectivity index (χ0) is 15.5. The van der Waals surface area contributed by atoms with Crippen LogP contribution in [0.25, 0.3) is 0 Å². The van der Waals surface area contributed by atoms with Gasteiger partial charge in [-0.1, -0.05) is 18.2 Å². The molecule has 0 aliphatic carbocycles. The van der Waals surface area contributed by atoms with Gasteiger partial charge in [0.15, 0.2) is 0 Å². The molecule has 21 heavy (non-hydrogen) atoms. The normalized spacial score (nSPS) is 11.0. The smallest absolute Gasteiger partial charge is 0.410 e. The third-order valence-corrected chi connectivity index (χ3v) is 3.63. The van der Waals surface area contributed by atoms with Crippen LogP contribution >= 0.6 is 0 Å². The van der Waals surface area contributed by atoms with Crippen LogP contribution in [0.4, 0.5) is 10.5 Å². The maximum absolute atomic E-state index is 11.7. The molecule has 110 valence electrons. The average molecular weight is 306 g/mol. The SMILES string of the molecule is Cc1cc(S(N)(=O)=O)ccc1NC(=O)Oc1ccccc1. The summed E-state index contributed by atoms with van der Waals surface area (Å²) in [6, 6.07) is 12.8. The number of nitrogens with one attached hydrogen (secondary N) is 1. The zero-order valence-corrected chi connectivity index (χ0v) is 12.1. The monoisotopic (exact) mass is 306 g/mol. The standard InChI is InChI=1S/C14H14N2O4S/c1-10-9-12(21(15,18)19)7-8-13(10)16-14(17)20-11-5-3-2-4-6-11/h2-9H,1H3,(H,16,17)(H2,15,18,19). The number of anilines is 1. The van der Waals surface area contributed by atoms with E-state index in [1.165, 1.54) is 18.2 Å². The number of hydrogen-bond donors (Lipinski definition) is 2. The topological polar surface area (TPSA) is 98.5 Å².